The van der Waals surface area contributed by atoms with Gasteiger partial charge in [-0.15, -0.1) is 16.8 Å². The van der Waals surface area contributed by atoms with E-state index < -0.39 is 38.5 Å². The van der Waals surface area contributed by atoms with Crippen LogP contribution in [0, 0.1) is 0 Å². The first kappa shape index (κ1) is 27.8. The van der Waals surface area contributed by atoms with E-state index in [0.29, 0.717) is 6.42 Å². The summed E-state index contributed by atoms with van der Waals surface area (Å²) in [5.74, 6) is -0.839. The smallest absolute Gasteiger partial charge is 0.324 e. The Kier molecular flexibility index (Phi) is 8.85. The maximum absolute atomic E-state index is 13.1. The summed E-state index contributed by atoms with van der Waals surface area (Å²) in [7, 11) is -3.71. The third-order valence-corrected chi connectivity index (χ3v) is 8.29. The van der Waals surface area contributed by atoms with E-state index in [0.717, 1.165) is 30.0 Å². The average molecular weight is 559 g/mol. The van der Waals surface area contributed by atoms with Gasteiger partial charge in [-0.3, -0.25) is 4.79 Å². The number of hydrogen-bond donors (Lipinski definition) is 1. The zero-order chi connectivity index (χ0) is 26.5. The van der Waals surface area contributed by atoms with E-state index in [4.69, 9.17) is 11.6 Å². The third-order valence-electron chi connectivity index (χ3n) is 4.99. The van der Waals surface area contributed by atoms with Crippen molar-refractivity contribution in [3.63, 3.8) is 0 Å². The first-order chi connectivity index (χ1) is 17.0. The Morgan fingerprint density at radius 3 is 2.53 bits per heavy atom. The summed E-state index contributed by atoms with van der Waals surface area (Å²) in [6, 6.07) is 10.6. The number of halogens is 4. The zero-order valence-electron chi connectivity index (χ0n) is 19.0. The summed E-state index contributed by atoms with van der Waals surface area (Å²) in [4.78, 5) is 13.0. The highest BCUT2D eigenvalue weighted by Gasteiger charge is 2.32. The van der Waals surface area contributed by atoms with Gasteiger partial charge in [0.1, 0.15) is 11.6 Å². The molecule has 1 aromatic heterocycles. The van der Waals surface area contributed by atoms with Gasteiger partial charge in [0.25, 0.3) is 0 Å². The minimum atomic E-state index is -4.60. The van der Waals surface area contributed by atoms with Crippen LogP contribution >= 0.6 is 23.4 Å². The number of sulfone groups is 1. The van der Waals surface area contributed by atoms with Gasteiger partial charge in [0.15, 0.2) is 15.0 Å². The molecule has 1 N–H and O–H groups in total. The van der Waals surface area contributed by atoms with Gasteiger partial charge in [0.05, 0.1) is 26.4 Å². The number of allylic oxidation sites excluding steroid dienone is 1. The van der Waals surface area contributed by atoms with E-state index in [1.54, 1.807) is 25.1 Å². The maximum atomic E-state index is 13.1. The molecule has 7 nitrogen and oxygen atoms in total. The second-order valence-corrected chi connectivity index (χ2v) is 11.1. The molecule has 1 atom stereocenters. The van der Waals surface area contributed by atoms with E-state index in [9.17, 15) is 26.4 Å². The lowest BCUT2D eigenvalue weighted by Crippen LogP contribution is -2.25. The Bertz CT molecular complexity index is 1350. The molecular weight excluding hydrogens is 537 g/mol. The number of carbonyl (C=O) groups is 1. The Morgan fingerprint density at radius 1 is 1.22 bits per heavy atom. The summed E-state index contributed by atoms with van der Waals surface area (Å²) < 4.78 is 66.4. The quantitative estimate of drug-likeness (QED) is 0.256. The molecule has 0 saturated carbocycles. The highest BCUT2D eigenvalue weighted by Crippen LogP contribution is 2.34. The molecule has 0 bridgehead atoms. The molecular formula is C23H22ClF3N4O3S2. The molecule has 0 aliphatic heterocycles. The van der Waals surface area contributed by atoms with Crippen molar-refractivity contribution in [2.75, 3.05) is 5.32 Å². The molecule has 36 heavy (non-hydrogen) atoms. The summed E-state index contributed by atoms with van der Waals surface area (Å²) in [6.07, 6.45) is -2.76. The number of hydrogen-bond acceptors (Lipinski definition) is 6. The van der Waals surface area contributed by atoms with Crippen molar-refractivity contribution in [1.29, 1.82) is 0 Å². The normalized spacial score (nSPS) is 12.8. The van der Waals surface area contributed by atoms with Crippen molar-refractivity contribution in [2.24, 2.45) is 0 Å². The minimum Gasteiger partial charge on any atom is -0.324 e. The predicted octanol–water partition coefficient (Wildman–Crippen LogP) is 5.62. The van der Waals surface area contributed by atoms with Crippen LogP contribution in [0.15, 0.2) is 71.2 Å². The predicted molar refractivity (Wildman–Crippen MR) is 133 cm³/mol. The second kappa shape index (κ2) is 11.5. The SMILES string of the molecule is C=CCn1c(CS(=O)(=O)c2ccccc2)nnc1SC(CC)C(=O)Nc1cc(C(F)(F)F)ccc1Cl. The van der Waals surface area contributed by atoms with Crippen LogP contribution in [-0.4, -0.2) is 34.3 Å². The van der Waals surface area contributed by atoms with E-state index in [-0.39, 0.29) is 33.1 Å². The fourth-order valence-electron chi connectivity index (χ4n) is 3.17. The van der Waals surface area contributed by atoms with Gasteiger partial charge in [-0.1, -0.05) is 54.6 Å². The summed E-state index contributed by atoms with van der Waals surface area (Å²) in [6.45, 7) is 5.59. The van der Waals surface area contributed by atoms with Crippen molar-refractivity contribution >= 4 is 44.8 Å². The molecule has 0 aliphatic carbocycles. The minimum absolute atomic E-state index is 0.0422. The lowest BCUT2D eigenvalue weighted by molar-refractivity contribution is -0.137. The van der Waals surface area contributed by atoms with Crippen LogP contribution in [0.3, 0.4) is 0 Å². The molecule has 1 heterocycles. The van der Waals surface area contributed by atoms with Gasteiger partial charge in [-0.25, -0.2) is 8.42 Å². The first-order valence-corrected chi connectivity index (χ1v) is 13.5. The largest absolute Gasteiger partial charge is 0.416 e. The molecule has 13 heteroatoms. The molecule has 192 valence electrons. The fourth-order valence-corrected chi connectivity index (χ4v) is 5.61. The standard InChI is InChI=1S/C23H22ClF3N4O3S2/c1-3-12-31-20(14-36(33,34)16-8-6-5-7-9-16)29-30-22(31)35-19(4-2)21(32)28-18-13-15(23(25,26)27)10-11-17(18)24/h3,5-11,13,19H,1,4,12,14H2,2H3,(H,28,32). The van der Waals surface area contributed by atoms with E-state index in [1.807, 2.05) is 0 Å². The topological polar surface area (TPSA) is 93.9 Å². The molecule has 1 unspecified atom stereocenters. The fraction of sp³-hybridized carbons (Fsp3) is 0.261. The number of nitrogens with zero attached hydrogens (tertiary/aromatic N) is 3. The van der Waals surface area contributed by atoms with Crippen LogP contribution in [0.25, 0.3) is 0 Å². The van der Waals surface area contributed by atoms with Crippen LogP contribution in [0.2, 0.25) is 5.02 Å². The molecule has 3 aromatic rings. The number of thioether (sulfide) groups is 1. The van der Waals surface area contributed by atoms with Crippen LogP contribution in [0.5, 0.6) is 0 Å². The Labute approximate surface area is 215 Å². The average Bonchev–Trinajstić information content (AvgIpc) is 3.19. The molecule has 0 spiro atoms. The van der Waals surface area contributed by atoms with Crippen molar-refractivity contribution in [3.05, 3.63) is 77.6 Å². The van der Waals surface area contributed by atoms with Crippen molar-refractivity contribution in [1.82, 2.24) is 14.8 Å². The number of nitrogens with one attached hydrogen (secondary N) is 1. The molecule has 2 aromatic carbocycles. The number of aromatic nitrogens is 3. The summed E-state index contributed by atoms with van der Waals surface area (Å²) >= 11 is 7.01. The highest BCUT2D eigenvalue weighted by atomic mass is 35.5. The third kappa shape index (κ3) is 6.68. The first-order valence-electron chi connectivity index (χ1n) is 10.6. The number of benzene rings is 2. The number of rotatable bonds is 10. The van der Waals surface area contributed by atoms with Gasteiger partial charge in [0, 0.05) is 6.54 Å². The molecule has 0 saturated heterocycles. The van der Waals surface area contributed by atoms with Crippen LogP contribution in [-0.2, 0) is 33.1 Å². The Hall–Kier alpha value is -2.83. The van der Waals surface area contributed by atoms with Gasteiger partial charge in [-0.2, -0.15) is 13.2 Å². The van der Waals surface area contributed by atoms with Crippen molar-refractivity contribution < 1.29 is 26.4 Å². The van der Waals surface area contributed by atoms with Crippen molar-refractivity contribution in [3.8, 4) is 0 Å². The molecule has 0 fully saturated rings. The van der Waals surface area contributed by atoms with Crippen LogP contribution in [0.4, 0.5) is 18.9 Å². The second-order valence-electron chi connectivity index (χ2n) is 7.57. The van der Waals surface area contributed by atoms with Crippen LogP contribution in [0.1, 0.15) is 24.7 Å². The Morgan fingerprint density at radius 2 is 1.92 bits per heavy atom. The monoisotopic (exact) mass is 558 g/mol. The lowest BCUT2D eigenvalue weighted by Gasteiger charge is -2.17. The number of alkyl halides is 3. The van der Waals surface area contributed by atoms with E-state index in [2.05, 4.69) is 22.1 Å². The van der Waals surface area contributed by atoms with Gasteiger partial charge in [0.2, 0.25) is 5.91 Å². The van der Waals surface area contributed by atoms with Gasteiger partial charge in [-0.05, 0) is 36.8 Å². The number of anilines is 1. The molecule has 0 aliphatic rings. The maximum Gasteiger partial charge on any atom is 0.416 e. The number of carbonyl (C=O) groups excluding carboxylic acids is 1. The molecule has 0 radical (unpaired) electrons. The zero-order valence-corrected chi connectivity index (χ0v) is 21.4. The number of amides is 1. The highest BCUT2D eigenvalue weighted by molar-refractivity contribution is 8.00. The van der Waals surface area contributed by atoms with Crippen LogP contribution < -0.4 is 5.32 Å². The van der Waals surface area contributed by atoms with Crippen molar-refractivity contribution in [2.45, 2.75) is 47.1 Å². The molecule has 3 rings (SSSR count). The van der Waals surface area contributed by atoms with E-state index >= 15 is 0 Å². The Balaban J connectivity index is 1.83. The lowest BCUT2D eigenvalue weighted by atomic mass is 10.2. The summed E-state index contributed by atoms with van der Waals surface area (Å²) in [5.41, 5.74) is -1.12. The van der Waals surface area contributed by atoms with Gasteiger partial charge >= 0.3 is 6.18 Å². The van der Waals surface area contributed by atoms with Gasteiger partial charge < -0.3 is 9.88 Å². The summed E-state index contributed by atoms with van der Waals surface area (Å²) in [5, 5.41) is 9.98. The van der Waals surface area contributed by atoms with E-state index in [1.165, 1.54) is 22.8 Å². The molecule has 1 amide bonds.